The molecule has 1 N–H and O–H groups in total. The van der Waals surface area contributed by atoms with Crippen LogP contribution in [0.5, 0.6) is 11.5 Å². The van der Waals surface area contributed by atoms with Crippen LogP contribution in [-0.2, 0) is 9.47 Å². The van der Waals surface area contributed by atoms with Crippen LogP contribution in [0.2, 0.25) is 0 Å². The van der Waals surface area contributed by atoms with Gasteiger partial charge in [-0.3, -0.25) is 0 Å². The number of likely N-dealkylation sites (tertiary alicyclic amines) is 1. The number of nitrogens with one attached hydrogen (secondary N) is 1. The van der Waals surface area contributed by atoms with E-state index >= 15 is 0 Å². The summed E-state index contributed by atoms with van der Waals surface area (Å²) < 4.78 is 22.1. The third-order valence-electron chi connectivity index (χ3n) is 5.16. The molecule has 0 spiro atoms. The normalized spacial score (nSPS) is 23.3. The van der Waals surface area contributed by atoms with Crippen LogP contribution in [0, 0.1) is 5.92 Å². The summed E-state index contributed by atoms with van der Waals surface area (Å²) in [6.45, 7) is 5.80. The Bertz CT molecular complexity index is 587. The van der Waals surface area contributed by atoms with Crippen molar-refractivity contribution >= 4 is 6.03 Å². The molecule has 1 aromatic rings. The molecule has 2 heterocycles. The summed E-state index contributed by atoms with van der Waals surface area (Å²) in [5.74, 6) is 2.13. The number of rotatable bonds is 7. The number of piperidine rings is 1. The number of carbonyl (C=O) groups excluding carboxylic acids is 1. The van der Waals surface area contributed by atoms with Crippen molar-refractivity contribution in [1.29, 1.82) is 0 Å². The molecule has 7 nitrogen and oxygen atoms in total. The zero-order chi connectivity index (χ0) is 19.1. The lowest BCUT2D eigenvalue weighted by molar-refractivity contribution is 0.0414. The summed E-state index contributed by atoms with van der Waals surface area (Å²) in [4.78, 5) is 14.4. The van der Waals surface area contributed by atoms with Gasteiger partial charge in [-0.15, -0.1) is 0 Å². The largest absolute Gasteiger partial charge is 0.497 e. The molecule has 0 radical (unpaired) electrons. The third kappa shape index (κ3) is 5.49. The molecule has 2 aliphatic rings. The highest BCUT2D eigenvalue weighted by Gasteiger charge is 2.32. The second-order valence-corrected chi connectivity index (χ2v) is 7.00. The van der Waals surface area contributed by atoms with Gasteiger partial charge < -0.3 is 29.2 Å². The zero-order valence-corrected chi connectivity index (χ0v) is 16.2. The van der Waals surface area contributed by atoms with Crippen molar-refractivity contribution in [1.82, 2.24) is 10.2 Å². The van der Waals surface area contributed by atoms with E-state index in [0.29, 0.717) is 32.3 Å². The molecule has 3 rings (SSSR count). The number of ether oxygens (including phenoxy) is 4. The smallest absolute Gasteiger partial charge is 0.317 e. The first-order valence-corrected chi connectivity index (χ1v) is 9.71. The molecule has 0 aliphatic carbocycles. The average Bonchev–Trinajstić information content (AvgIpc) is 3.14. The second-order valence-electron chi connectivity index (χ2n) is 7.00. The molecule has 0 aromatic heterocycles. The summed E-state index contributed by atoms with van der Waals surface area (Å²) in [7, 11) is 1.65. The van der Waals surface area contributed by atoms with E-state index in [2.05, 4.69) is 5.32 Å². The molecule has 27 heavy (non-hydrogen) atoms. The third-order valence-corrected chi connectivity index (χ3v) is 5.16. The number of carbonyl (C=O) groups is 1. The number of hydrogen-bond donors (Lipinski definition) is 1. The predicted molar refractivity (Wildman–Crippen MR) is 101 cm³/mol. The van der Waals surface area contributed by atoms with Crippen LogP contribution >= 0.6 is 0 Å². The van der Waals surface area contributed by atoms with Gasteiger partial charge in [-0.2, -0.15) is 0 Å². The second kappa shape index (κ2) is 9.80. The number of methoxy groups -OCH3 is 1. The lowest BCUT2D eigenvalue weighted by Gasteiger charge is -2.33. The lowest BCUT2D eigenvalue weighted by Crippen LogP contribution is -2.51. The van der Waals surface area contributed by atoms with Crippen LogP contribution in [0.3, 0.4) is 0 Å². The Morgan fingerprint density at radius 2 is 1.89 bits per heavy atom. The summed E-state index contributed by atoms with van der Waals surface area (Å²) >= 11 is 0. The Hall–Kier alpha value is -1.99. The summed E-state index contributed by atoms with van der Waals surface area (Å²) in [5.41, 5.74) is 0. The molecule has 150 valence electrons. The van der Waals surface area contributed by atoms with Crippen molar-refractivity contribution in [3.63, 3.8) is 0 Å². The van der Waals surface area contributed by atoms with Crippen molar-refractivity contribution < 1.29 is 23.7 Å². The van der Waals surface area contributed by atoms with E-state index in [0.717, 1.165) is 37.4 Å². The lowest BCUT2D eigenvalue weighted by atomic mass is 9.98. The molecule has 0 unspecified atom stereocenters. The van der Waals surface area contributed by atoms with E-state index in [-0.39, 0.29) is 18.2 Å². The molecule has 2 amide bonds. The number of benzene rings is 1. The van der Waals surface area contributed by atoms with Gasteiger partial charge in [-0.05, 0) is 49.9 Å². The van der Waals surface area contributed by atoms with E-state index in [9.17, 15) is 4.79 Å². The minimum atomic E-state index is -0.0615. The number of hydrogen-bond acceptors (Lipinski definition) is 5. The SMILES string of the molecule is CCO[C@H]1COC[C@@H]1NC(=O)N1CCC(COc2ccc(OC)cc2)CC1. The van der Waals surface area contributed by atoms with Gasteiger partial charge in [0, 0.05) is 19.7 Å². The molecule has 2 atom stereocenters. The van der Waals surface area contributed by atoms with E-state index < -0.39 is 0 Å². The number of nitrogens with zero attached hydrogens (tertiary/aromatic N) is 1. The monoisotopic (exact) mass is 378 g/mol. The maximum absolute atomic E-state index is 12.5. The molecule has 0 bridgehead atoms. The quantitative estimate of drug-likeness (QED) is 0.788. The highest BCUT2D eigenvalue weighted by Crippen LogP contribution is 2.22. The zero-order valence-electron chi connectivity index (χ0n) is 16.2. The summed E-state index contributed by atoms with van der Waals surface area (Å²) in [6.07, 6.45) is 1.84. The van der Waals surface area contributed by atoms with Gasteiger partial charge in [-0.25, -0.2) is 4.79 Å². The van der Waals surface area contributed by atoms with Gasteiger partial charge in [-0.1, -0.05) is 0 Å². The van der Waals surface area contributed by atoms with Gasteiger partial charge in [0.15, 0.2) is 0 Å². The molecule has 2 aliphatic heterocycles. The van der Waals surface area contributed by atoms with Crippen LogP contribution in [0.25, 0.3) is 0 Å². The van der Waals surface area contributed by atoms with Crippen molar-refractivity contribution in [2.75, 3.05) is 46.6 Å². The minimum absolute atomic E-state index is 0.0234. The van der Waals surface area contributed by atoms with Gasteiger partial charge in [0.2, 0.25) is 0 Å². The van der Waals surface area contributed by atoms with Crippen LogP contribution < -0.4 is 14.8 Å². The highest BCUT2D eigenvalue weighted by molar-refractivity contribution is 5.74. The Morgan fingerprint density at radius 1 is 1.19 bits per heavy atom. The van der Waals surface area contributed by atoms with Crippen molar-refractivity contribution in [3.8, 4) is 11.5 Å². The maximum Gasteiger partial charge on any atom is 0.317 e. The minimum Gasteiger partial charge on any atom is -0.497 e. The highest BCUT2D eigenvalue weighted by atomic mass is 16.5. The standard InChI is InChI=1S/C20H30N2O5/c1-3-26-19-14-25-13-18(19)21-20(23)22-10-8-15(9-11-22)12-27-17-6-4-16(24-2)5-7-17/h4-7,15,18-19H,3,8-14H2,1-2H3,(H,21,23)/t18-,19-/m0/s1. The van der Waals surface area contributed by atoms with Crippen LogP contribution in [0.15, 0.2) is 24.3 Å². The molecule has 2 fully saturated rings. The van der Waals surface area contributed by atoms with Crippen LogP contribution in [-0.4, -0.2) is 69.7 Å². The predicted octanol–water partition coefficient (Wildman–Crippen LogP) is 2.30. The van der Waals surface area contributed by atoms with Gasteiger partial charge in [0.1, 0.15) is 17.6 Å². The van der Waals surface area contributed by atoms with Crippen molar-refractivity contribution in [2.24, 2.45) is 5.92 Å². The Balaban J connectivity index is 1.38. The van der Waals surface area contributed by atoms with Gasteiger partial charge >= 0.3 is 6.03 Å². The van der Waals surface area contributed by atoms with Crippen LogP contribution in [0.1, 0.15) is 19.8 Å². The Labute approximate surface area is 160 Å². The molecule has 7 heteroatoms. The summed E-state index contributed by atoms with van der Waals surface area (Å²) in [6, 6.07) is 7.53. The van der Waals surface area contributed by atoms with Crippen molar-refractivity contribution in [2.45, 2.75) is 31.9 Å². The fourth-order valence-corrected chi connectivity index (χ4v) is 3.49. The molecular formula is C20H30N2O5. The Morgan fingerprint density at radius 3 is 2.56 bits per heavy atom. The molecular weight excluding hydrogens is 348 g/mol. The fourth-order valence-electron chi connectivity index (χ4n) is 3.49. The first-order chi connectivity index (χ1) is 13.2. The molecule has 0 saturated carbocycles. The van der Waals surface area contributed by atoms with Gasteiger partial charge in [0.25, 0.3) is 0 Å². The maximum atomic E-state index is 12.5. The van der Waals surface area contributed by atoms with Gasteiger partial charge in [0.05, 0.1) is 33.0 Å². The first-order valence-electron chi connectivity index (χ1n) is 9.71. The van der Waals surface area contributed by atoms with Crippen LogP contribution in [0.4, 0.5) is 4.79 Å². The van der Waals surface area contributed by atoms with E-state index in [1.54, 1.807) is 7.11 Å². The summed E-state index contributed by atoms with van der Waals surface area (Å²) in [5, 5.41) is 3.06. The number of urea groups is 1. The molecule has 2 saturated heterocycles. The molecule has 1 aromatic carbocycles. The Kier molecular flexibility index (Phi) is 7.18. The number of amides is 2. The fraction of sp³-hybridized carbons (Fsp3) is 0.650. The average molecular weight is 378 g/mol. The van der Waals surface area contributed by atoms with E-state index in [1.807, 2.05) is 36.1 Å². The van der Waals surface area contributed by atoms with E-state index in [4.69, 9.17) is 18.9 Å². The first kappa shape index (κ1) is 19.8. The van der Waals surface area contributed by atoms with Crippen molar-refractivity contribution in [3.05, 3.63) is 24.3 Å². The topological polar surface area (TPSA) is 69.3 Å². The van der Waals surface area contributed by atoms with E-state index in [1.165, 1.54) is 0 Å².